The van der Waals surface area contributed by atoms with E-state index in [1.807, 2.05) is 61.5 Å². The number of fused-ring (bicyclic) bond motifs is 1. The summed E-state index contributed by atoms with van der Waals surface area (Å²) in [4.78, 5) is 30.5. The number of primary amides is 1. The first-order chi connectivity index (χ1) is 11.6. The van der Waals surface area contributed by atoms with Crippen LogP contribution >= 0.6 is 0 Å². The number of benzene rings is 2. The predicted molar refractivity (Wildman–Crippen MR) is 94.1 cm³/mol. The van der Waals surface area contributed by atoms with Crippen molar-refractivity contribution in [2.45, 2.75) is 19.4 Å². The minimum Gasteiger partial charge on any atom is -0.368 e. The lowest BCUT2D eigenvalue weighted by atomic mass is 10.0. The van der Waals surface area contributed by atoms with Crippen LogP contribution in [0.2, 0.25) is 0 Å². The minimum atomic E-state index is -0.545. The van der Waals surface area contributed by atoms with Crippen LogP contribution in [0.25, 0.3) is 0 Å². The molecule has 122 valence electrons. The fraction of sp³-hybridized carbons (Fsp3) is 0.211. The Morgan fingerprint density at radius 2 is 1.79 bits per heavy atom. The van der Waals surface area contributed by atoms with Crippen LogP contribution in [0.5, 0.6) is 0 Å². The molecular weight excluding hydrogens is 302 g/mol. The molecule has 0 spiro atoms. The SMILES string of the molecule is CCC1N=C(c2ccccc2)c2ccccc2N(CC(N)=O)C1=O. The maximum Gasteiger partial charge on any atom is 0.252 e. The average molecular weight is 321 g/mol. The van der Waals surface area contributed by atoms with Gasteiger partial charge in [0.15, 0.2) is 0 Å². The van der Waals surface area contributed by atoms with Crippen molar-refractivity contribution in [3.8, 4) is 0 Å². The van der Waals surface area contributed by atoms with Gasteiger partial charge in [-0.15, -0.1) is 0 Å². The Bertz CT molecular complexity index is 799. The van der Waals surface area contributed by atoms with Crippen LogP contribution in [0.3, 0.4) is 0 Å². The Kier molecular flexibility index (Phi) is 4.42. The fourth-order valence-corrected chi connectivity index (χ4v) is 2.90. The smallest absolute Gasteiger partial charge is 0.252 e. The molecule has 1 atom stereocenters. The number of aliphatic imine (C=N–C) groups is 1. The summed E-state index contributed by atoms with van der Waals surface area (Å²) in [5.74, 6) is -0.745. The normalized spacial score (nSPS) is 17.0. The van der Waals surface area contributed by atoms with Gasteiger partial charge in [-0.25, -0.2) is 0 Å². The van der Waals surface area contributed by atoms with Crippen molar-refractivity contribution in [3.63, 3.8) is 0 Å². The molecule has 0 bridgehead atoms. The number of carbonyl (C=O) groups is 2. The second kappa shape index (κ2) is 6.66. The average Bonchev–Trinajstić information content (AvgIpc) is 2.71. The lowest BCUT2D eigenvalue weighted by molar-refractivity contribution is -0.123. The molecule has 0 aliphatic carbocycles. The Labute approximate surface area is 140 Å². The highest BCUT2D eigenvalue weighted by molar-refractivity contribution is 6.20. The van der Waals surface area contributed by atoms with E-state index in [0.29, 0.717) is 12.1 Å². The van der Waals surface area contributed by atoms with E-state index in [4.69, 9.17) is 10.7 Å². The number of nitrogens with two attached hydrogens (primary N) is 1. The first-order valence-corrected chi connectivity index (χ1v) is 7.94. The van der Waals surface area contributed by atoms with Crippen molar-refractivity contribution in [1.29, 1.82) is 0 Å². The van der Waals surface area contributed by atoms with E-state index in [2.05, 4.69) is 0 Å². The van der Waals surface area contributed by atoms with Gasteiger partial charge in [-0.05, 0) is 12.5 Å². The number of hydrogen-bond donors (Lipinski definition) is 1. The van der Waals surface area contributed by atoms with Crippen LogP contribution in [0.1, 0.15) is 24.5 Å². The van der Waals surface area contributed by atoms with Crippen molar-refractivity contribution in [1.82, 2.24) is 0 Å². The van der Waals surface area contributed by atoms with Crippen LogP contribution in [0, 0.1) is 0 Å². The molecule has 2 aromatic rings. The van der Waals surface area contributed by atoms with Crippen molar-refractivity contribution < 1.29 is 9.59 Å². The Hall–Kier alpha value is -2.95. The molecule has 0 aromatic heterocycles. The van der Waals surface area contributed by atoms with Gasteiger partial charge in [-0.1, -0.05) is 55.5 Å². The van der Waals surface area contributed by atoms with Gasteiger partial charge < -0.3 is 10.6 Å². The van der Waals surface area contributed by atoms with Gasteiger partial charge in [-0.3, -0.25) is 14.6 Å². The summed E-state index contributed by atoms with van der Waals surface area (Å²) < 4.78 is 0. The van der Waals surface area contributed by atoms with Gasteiger partial charge in [0.25, 0.3) is 5.91 Å². The summed E-state index contributed by atoms with van der Waals surface area (Å²) in [6.07, 6.45) is 0.554. The fourth-order valence-electron chi connectivity index (χ4n) is 2.90. The topological polar surface area (TPSA) is 75.8 Å². The van der Waals surface area contributed by atoms with Crippen LogP contribution in [-0.4, -0.2) is 30.1 Å². The number of nitrogens with zero attached hydrogens (tertiary/aromatic N) is 2. The molecule has 5 heteroatoms. The Morgan fingerprint density at radius 3 is 2.46 bits per heavy atom. The van der Waals surface area contributed by atoms with Crippen molar-refractivity contribution >= 4 is 23.2 Å². The molecule has 0 radical (unpaired) electrons. The molecule has 0 saturated carbocycles. The minimum absolute atomic E-state index is 0.149. The Balaban J connectivity index is 2.21. The van der Waals surface area contributed by atoms with E-state index in [1.165, 1.54) is 4.90 Å². The van der Waals surface area contributed by atoms with Crippen LogP contribution in [-0.2, 0) is 9.59 Å². The van der Waals surface area contributed by atoms with Gasteiger partial charge in [0, 0.05) is 11.1 Å². The lowest BCUT2D eigenvalue weighted by Gasteiger charge is -2.23. The largest absolute Gasteiger partial charge is 0.368 e. The molecule has 0 saturated heterocycles. The third-order valence-electron chi connectivity index (χ3n) is 4.03. The van der Waals surface area contributed by atoms with E-state index in [9.17, 15) is 9.59 Å². The van der Waals surface area contributed by atoms with Gasteiger partial charge in [-0.2, -0.15) is 0 Å². The van der Waals surface area contributed by atoms with Crippen LogP contribution in [0.15, 0.2) is 59.6 Å². The van der Waals surface area contributed by atoms with Gasteiger partial charge >= 0.3 is 0 Å². The first-order valence-electron chi connectivity index (χ1n) is 7.94. The molecule has 1 aliphatic rings. The summed E-state index contributed by atoms with van der Waals surface area (Å²) in [6.45, 7) is 1.76. The van der Waals surface area contributed by atoms with E-state index < -0.39 is 11.9 Å². The molecule has 1 heterocycles. The number of carbonyl (C=O) groups excluding carboxylic acids is 2. The highest BCUT2D eigenvalue weighted by atomic mass is 16.2. The van der Waals surface area contributed by atoms with Crippen molar-refractivity contribution in [2.24, 2.45) is 10.7 Å². The number of rotatable bonds is 4. The molecule has 2 N–H and O–H groups in total. The van der Waals surface area contributed by atoms with Crippen molar-refractivity contribution in [2.75, 3.05) is 11.4 Å². The summed E-state index contributed by atoms with van der Waals surface area (Å²) in [7, 11) is 0. The predicted octanol–water partition coefficient (Wildman–Crippen LogP) is 2.13. The van der Waals surface area contributed by atoms with Gasteiger partial charge in [0.2, 0.25) is 5.91 Å². The quantitative estimate of drug-likeness (QED) is 0.936. The number of hydrogen-bond acceptors (Lipinski definition) is 3. The van der Waals surface area contributed by atoms with E-state index in [-0.39, 0.29) is 12.5 Å². The monoisotopic (exact) mass is 321 g/mol. The molecule has 2 aromatic carbocycles. The van der Waals surface area contributed by atoms with Crippen molar-refractivity contribution in [3.05, 3.63) is 65.7 Å². The maximum atomic E-state index is 12.9. The van der Waals surface area contributed by atoms with Crippen LogP contribution < -0.4 is 10.6 Å². The van der Waals surface area contributed by atoms with E-state index in [1.54, 1.807) is 0 Å². The highest BCUT2D eigenvalue weighted by Crippen LogP contribution is 2.29. The van der Waals surface area contributed by atoms with Crippen LogP contribution in [0.4, 0.5) is 5.69 Å². The Morgan fingerprint density at radius 1 is 1.12 bits per heavy atom. The first kappa shape index (κ1) is 15.9. The number of anilines is 1. The summed E-state index contributed by atoms with van der Waals surface area (Å²) >= 11 is 0. The zero-order valence-corrected chi connectivity index (χ0v) is 13.5. The molecule has 2 amide bonds. The summed E-state index contributed by atoms with van der Waals surface area (Å²) in [5, 5.41) is 0. The lowest BCUT2D eigenvalue weighted by Crippen LogP contribution is -2.42. The summed E-state index contributed by atoms with van der Waals surface area (Å²) in [5.41, 5.74) is 8.55. The molecule has 24 heavy (non-hydrogen) atoms. The second-order valence-electron chi connectivity index (χ2n) is 5.68. The third kappa shape index (κ3) is 2.93. The molecule has 1 unspecified atom stereocenters. The number of amides is 2. The zero-order chi connectivity index (χ0) is 17.1. The molecular formula is C19H19N3O2. The number of para-hydroxylation sites is 1. The maximum absolute atomic E-state index is 12.9. The molecule has 0 fully saturated rings. The van der Waals surface area contributed by atoms with E-state index >= 15 is 0 Å². The van der Waals surface area contributed by atoms with Gasteiger partial charge in [0.1, 0.15) is 12.6 Å². The highest BCUT2D eigenvalue weighted by Gasteiger charge is 2.31. The number of benzodiazepines with no additional fused rings is 1. The zero-order valence-electron chi connectivity index (χ0n) is 13.5. The standard InChI is InChI=1S/C19H19N3O2/c1-2-15-19(24)22(12-17(20)23)16-11-7-6-10-14(16)18(21-15)13-8-4-3-5-9-13/h3-11,15H,2,12H2,1H3,(H2,20,23). The summed E-state index contributed by atoms with van der Waals surface area (Å²) in [6, 6.07) is 16.7. The van der Waals surface area contributed by atoms with Gasteiger partial charge in [0.05, 0.1) is 11.4 Å². The molecule has 3 rings (SSSR count). The molecule has 1 aliphatic heterocycles. The molecule has 5 nitrogen and oxygen atoms in total. The van der Waals surface area contributed by atoms with E-state index in [0.717, 1.165) is 16.8 Å². The third-order valence-corrected chi connectivity index (χ3v) is 4.03. The second-order valence-corrected chi connectivity index (χ2v) is 5.68.